The summed E-state index contributed by atoms with van der Waals surface area (Å²) in [6.07, 6.45) is -4.06. The van der Waals surface area contributed by atoms with Gasteiger partial charge in [0.25, 0.3) is 0 Å². The Balaban J connectivity index is 2.48. The SMILES string of the molecule is Cc1c(C(F)(F)F)cccc1S(=O)(=O)N1CCC(N)C1. The lowest BCUT2D eigenvalue weighted by Gasteiger charge is -2.19. The third-order valence-corrected chi connectivity index (χ3v) is 5.40. The molecular weight excluding hydrogens is 293 g/mol. The van der Waals surface area contributed by atoms with Gasteiger partial charge in [-0.2, -0.15) is 17.5 Å². The number of hydrogen-bond acceptors (Lipinski definition) is 3. The first-order valence-corrected chi connectivity index (χ1v) is 7.50. The molecule has 1 saturated heterocycles. The van der Waals surface area contributed by atoms with Crippen molar-refractivity contribution in [2.75, 3.05) is 13.1 Å². The Bertz CT molecular complexity index is 614. The normalized spacial score (nSPS) is 21.4. The quantitative estimate of drug-likeness (QED) is 0.905. The fourth-order valence-corrected chi connectivity index (χ4v) is 4.07. The van der Waals surface area contributed by atoms with Gasteiger partial charge in [0.1, 0.15) is 0 Å². The third-order valence-electron chi connectivity index (χ3n) is 3.39. The van der Waals surface area contributed by atoms with E-state index in [-0.39, 0.29) is 29.6 Å². The van der Waals surface area contributed by atoms with Crippen LogP contribution in [0.3, 0.4) is 0 Å². The average Bonchev–Trinajstić information content (AvgIpc) is 2.75. The number of sulfonamides is 1. The molecule has 0 aliphatic carbocycles. The summed E-state index contributed by atoms with van der Waals surface area (Å²) in [5, 5.41) is 0. The maximum Gasteiger partial charge on any atom is 0.416 e. The van der Waals surface area contributed by atoms with E-state index in [0.29, 0.717) is 6.42 Å². The zero-order valence-electron chi connectivity index (χ0n) is 10.8. The van der Waals surface area contributed by atoms with Gasteiger partial charge in [0.05, 0.1) is 10.5 Å². The Kier molecular flexibility index (Phi) is 3.83. The van der Waals surface area contributed by atoms with Gasteiger partial charge in [0, 0.05) is 19.1 Å². The van der Waals surface area contributed by atoms with Crippen molar-refractivity contribution in [2.45, 2.75) is 30.5 Å². The van der Waals surface area contributed by atoms with Crippen molar-refractivity contribution in [1.82, 2.24) is 4.31 Å². The zero-order valence-corrected chi connectivity index (χ0v) is 11.6. The molecule has 112 valence electrons. The standard InChI is InChI=1S/C12H15F3N2O2S/c1-8-10(12(13,14)15)3-2-4-11(8)20(18,19)17-6-5-9(16)7-17/h2-4,9H,5-7,16H2,1H3. The molecule has 20 heavy (non-hydrogen) atoms. The van der Waals surface area contributed by atoms with Crippen LogP contribution in [0.4, 0.5) is 13.2 Å². The number of nitrogens with zero attached hydrogens (tertiary/aromatic N) is 1. The van der Waals surface area contributed by atoms with Crippen LogP contribution in [0.25, 0.3) is 0 Å². The van der Waals surface area contributed by atoms with Crippen LogP contribution in [0.15, 0.2) is 23.1 Å². The van der Waals surface area contributed by atoms with Crippen LogP contribution in [0.2, 0.25) is 0 Å². The van der Waals surface area contributed by atoms with E-state index in [2.05, 4.69) is 0 Å². The molecule has 1 fully saturated rings. The maximum absolute atomic E-state index is 12.8. The van der Waals surface area contributed by atoms with Gasteiger partial charge < -0.3 is 5.73 Å². The molecule has 0 bridgehead atoms. The van der Waals surface area contributed by atoms with Crippen molar-refractivity contribution in [3.8, 4) is 0 Å². The van der Waals surface area contributed by atoms with Gasteiger partial charge in [-0.1, -0.05) is 6.07 Å². The molecule has 0 spiro atoms. The van der Waals surface area contributed by atoms with Gasteiger partial charge in [0.2, 0.25) is 10.0 Å². The summed E-state index contributed by atoms with van der Waals surface area (Å²) in [5.74, 6) is 0. The molecule has 0 saturated carbocycles. The predicted molar refractivity (Wildman–Crippen MR) is 67.5 cm³/mol. The highest BCUT2D eigenvalue weighted by molar-refractivity contribution is 7.89. The molecule has 1 aliphatic rings. The molecule has 4 nitrogen and oxygen atoms in total. The molecule has 0 aromatic heterocycles. The monoisotopic (exact) mass is 308 g/mol. The molecule has 1 aromatic carbocycles. The number of nitrogens with two attached hydrogens (primary N) is 1. The molecule has 0 amide bonds. The average molecular weight is 308 g/mol. The molecular formula is C12H15F3N2O2S. The predicted octanol–water partition coefficient (Wildman–Crippen LogP) is 1.74. The first-order chi connectivity index (χ1) is 9.14. The van der Waals surface area contributed by atoms with Crippen molar-refractivity contribution >= 4 is 10.0 Å². The highest BCUT2D eigenvalue weighted by Gasteiger charge is 2.37. The minimum atomic E-state index is -4.57. The van der Waals surface area contributed by atoms with Gasteiger partial charge in [-0.15, -0.1) is 0 Å². The van der Waals surface area contributed by atoms with Crippen LogP contribution in [0, 0.1) is 6.92 Å². The largest absolute Gasteiger partial charge is 0.416 e. The fraction of sp³-hybridized carbons (Fsp3) is 0.500. The molecule has 2 rings (SSSR count). The number of rotatable bonds is 2. The van der Waals surface area contributed by atoms with E-state index < -0.39 is 21.8 Å². The van der Waals surface area contributed by atoms with E-state index in [1.54, 1.807) is 0 Å². The highest BCUT2D eigenvalue weighted by atomic mass is 32.2. The summed E-state index contributed by atoms with van der Waals surface area (Å²) in [6.45, 7) is 1.54. The first-order valence-electron chi connectivity index (χ1n) is 6.06. The lowest BCUT2D eigenvalue weighted by Crippen LogP contribution is -2.32. The smallest absolute Gasteiger partial charge is 0.326 e. The second-order valence-corrected chi connectivity index (χ2v) is 6.74. The zero-order chi connectivity index (χ0) is 15.1. The van der Waals surface area contributed by atoms with E-state index in [1.807, 2.05) is 0 Å². The summed E-state index contributed by atoms with van der Waals surface area (Å²) in [7, 11) is -3.93. The van der Waals surface area contributed by atoms with Crippen molar-refractivity contribution < 1.29 is 21.6 Å². The van der Waals surface area contributed by atoms with E-state index in [0.717, 1.165) is 16.4 Å². The maximum atomic E-state index is 12.8. The Morgan fingerprint density at radius 2 is 2.00 bits per heavy atom. The lowest BCUT2D eigenvalue weighted by molar-refractivity contribution is -0.138. The molecule has 1 aromatic rings. The number of hydrogen-bond donors (Lipinski definition) is 1. The van der Waals surface area contributed by atoms with Crippen molar-refractivity contribution in [1.29, 1.82) is 0 Å². The Labute approximate surface area is 115 Å². The van der Waals surface area contributed by atoms with Crippen LogP contribution in [0.5, 0.6) is 0 Å². The van der Waals surface area contributed by atoms with Crippen molar-refractivity contribution in [3.63, 3.8) is 0 Å². The second-order valence-electron chi connectivity index (χ2n) is 4.84. The van der Waals surface area contributed by atoms with Gasteiger partial charge >= 0.3 is 6.18 Å². The molecule has 2 N–H and O–H groups in total. The summed E-state index contributed by atoms with van der Waals surface area (Å²) in [6, 6.07) is 2.92. The van der Waals surface area contributed by atoms with Crippen LogP contribution < -0.4 is 5.73 Å². The van der Waals surface area contributed by atoms with Gasteiger partial charge in [-0.3, -0.25) is 0 Å². The molecule has 0 radical (unpaired) electrons. The molecule has 8 heteroatoms. The Morgan fingerprint density at radius 1 is 1.35 bits per heavy atom. The molecule has 1 aliphatic heterocycles. The summed E-state index contributed by atoms with van der Waals surface area (Å²) in [4.78, 5) is -0.304. The molecule has 1 unspecified atom stereocenters. The summed E-state index contributed by atoms with van der Waals surface area (Å²) < 4.78 is 64.4. The van der Waals surface area contributed by atoms with Crippen LogP contribution in [-0.2, 0) is 16.2 Å². The van der Waals surface area contributed by atoms with Gasteiger partial charge in [0.15, 0.2) is 0 Å². The van der Waals surface area contributed by atoms with Crippen molar-refractivity contribution in [2.24, 2.45) is 5.73 Å². The van der Waals surface area contributed by atoms with Crippen LogP contribution >= 0.6 is 0 Å². The van der Waals surface area contributed by atoms with Crippen LogP contribution in [0.1, 0.15) is 17.5 Å². The summed E-state index contributed by atoms with van der Waals surface area (Å²) >= 11 is 0. The van der Waals surface area contributed by atoms with E-state index in [1.165, 1.54) is 13.0 Å². The number of halogens is 3. The number of alkyl halides is 3. The minimum absolute atomic E-state index is 0.137. The highest BCUT2D eigenvalue weighted by Crippen LogP contribution is 2.35. The summed E-state index contributed by atoms with van der Waals surface area (Å²) in [5.41, 5.74) is 4.45. The van der Waals surface area contributed by atoms with Crippen LogP contribution in [-0.4, -0.2) is 31.9 Å². The van der Waals surface area contributed by atoms with E-state index in [4.69, 9.17) is 5.73 Å². The molecule has 1 heterocycles. The Hall–Kier alpha value is -1.12. The number of benzene rings is 1. The second kappa shape index (κ2) is 5.01. The lowest BCUT2D eigenvalue weighted by atomic mass is 10.1. The van der Waals surface area contributed by atoms with Gasteiger partial charge in [-0.25, -0.2) is 8.42 Å². The first kappa shape index (κ1) is 15.3. The van der Waals surface area contributed by atoms with E-state index >= 15 is 0 Å². The molecule has 1 atom stereocenters. The minimum Gasteiger partial charge on any atom is -0.326 e. The third kappa shape index (κ3) is 2.68. The van der Waals surface area contributed by atoms with Gasteiger partial charge in [-0.05, 0) is 31.0 Å². The topological polar surface area (TPSA) is 63.4 Å². The Morgan fingerprint density at radius 3 is 2.50 bits per heavy atom. The van der Waals surface area contributed by atoms with E-state index in [9.17, 15) is 21.6 Å². The van der Waals surface area contributed by atoms with Crippen molar-refractivity contribution in [3.05, 3.63) is 29.3 Å². The fourth-order valence-electron chi connectivity index (χ4n) is 2.31.